The van der Waals surface area contributed by atoms with Crippen LogP contribution in [0.5, 0.6) is 0 Å². The third-order valence-electron chi connectivity index (χ3n) is 1.77. The van der Waals surface area contributed by atoms with Gasteiger partial charge in [0.05, 0.1) is 32.5 Å². The van der Waals surface area contributed by atoms with Crippen LogP contribution < -0.4 is 0 Å². The predicted molar refractivity (Wildman–Crippen MR) is 53.4 cm³/mol. The Labute approximate surface area is 92.6 Å². The van der Waals surface area contributed by atoms with Gasteiger partial charge in [-0.25, -0.2) is 4.79 Å². The maximum atomic E-state index is 11.2. The predicted octanol–water partition coefficient (Wildman–Crippen LogP) is -0.896. The van der Waals surface area contributed by atoms with Crippen molar-refractivity contribution >= 4 is 18.3 Å². The highest BCUT2D eigenvalue weighted by atomic mass is 16.7. The molecule has 0 radical (unpaired) electrons. The number of hydroxylamine groups is 2. The molecule has 0 bridgehead atoms. The quantitative estimate of drug-likeness (QED) is 0.595. The number of hydrogen-bond acceptors (Lipinski definition) is 7. The maximum Gasteiger partial charge on any atom is 0.333 e. The van der Waals surface area contributed by atoms with Crippen LogP contribution in [0.3, 0.4) is 0 Å². The molecule has 1 aliphatic heterocycles. The summed E-state index contributed by atoms with van der Waals surface area (Å²) < 4.78 is 4.57. The van der Waals surface area contributed by atoms with Gasteiger partial charge >= 0.3 is 11.9 Å². The fourth-order valence-corrected chi connectivity index (χ4v) is 1.04. The second-order valence-corrected chi connectivity index (χ2v) is 3.07. The molecule has 0 unspecified atom stereocenters. The average Bonchev–Trinajstić information content (AvgIpc) is 2.76. The minimum Gasteiger partial charge on any atom is -0.463 e. The van der Waals surface area contributed by atoms with E-state index in [1.54, 1.807) is 0 Å². The molecule has 7 nitrogen and oxygen atoms in total. The molecule has 0 aromatic rings. The van der Waals surface area contributed by atoms with Gasteiger partial charge in [0.15, 0.2) is 0 Å². The van der Waals surface area contributed by atoms with Gasteiger partial charge in [-0.2, -0.15) is 5.06 Å². The van der Waals surface area contributed by atoms with Crippen molar-refractivity contribution in [3.05, 3.63) is 0 Å². The Morgan fingerprint density at radius 1 is 1.38 bits per heavy atom. The van der Waals surface area contributed by atoms with Gasteiger partial charge in [0.2, 0.25) is 0 Å². The van der Waals surface area contributed by atoms with E-state index >= 15 is 0 Å². The molecule has 0 amide bonds. The summed E-state index contributed by atoms with van der Waals surface area (Å²) in [6.07, 6.45) is 1.33. The highest BCUT2D eigenvalue weighted by molar-refractivity contribution is 5.78. The van der Waals surface area contributed by atoms with Crippen molar-refractivity contribution in [1.29, 1.82) is 0 Å². The van der Waals surface area contributed by atoms with Crippen LogP contribution in [0.2, 0.25) is 0 Å². The van der Waals surface area contributed by atoms with E-state index in [0.717, 1.165) is 0 Å². The Morgan fingerprint density at radius 2 is 2.12 bits per heavy atom. The van der Waals surface area contributed by atoms with Gasteiger partial charge in [-0.05, 0) is 0 Å². The zero-order valence-corrected chi connectivity index (χ0v) is 8.79. The third-order valence-corrected chi connectivity index (χ3v) is 1.77. The van der Waals surface area contributed by atoms with Crippen LogP contribution in [0.1, 0.15) is 12.8 Å². The number of aliphatic imine (C=N–C) groups is 1. The average molecular weight is 230 g/mol. The lowest BCUT2D eigenvalue weighted by molar-refractivity contribution is -0.172. The first-order chi connectivity index (χ1) is 7.72. The van der Waals surface area contributed by atoms with E-state index in [1.165, 1.54) is 11.4 Å². The zero-order valence-electron chi connectivity index (χ0n) is 8.79. The van der Waals surface area contributed by atoms with Crippen LogP contribution in [0.15, 0.2) is 4.99 Å². The first-order valence-corrected chi connectivity index (χ1v) is 4.96. The SMILES string of the molecule is O=C(CCC(=O)ON1C=NCC1)OCCO. The number of ether oxygens (including phenoxy) is 1. The maximum absolute atomic E-state index is 11.2. The lowest BCUT2D eigenvalue weighted by Crippen LogP contribution is -2.24. The summed E-state index contributed by atoms with van der Waals surface area (Å²) in [6.45, 7) is 0.875. The Hall–Kier alpha value is -1.63. The third kappa shape index (κ3) is 4.74. The molecule has 1 aliphatic rings. The summed E-state index contributed by atoms with van der Waals surface area (Å²) in [4.78, 5) is 30.9. The van der Waals surface area contributed by atoms with Gasteiger partial charge in [-0.15, -0.1) is 0 Å². The molecule has 90 valence electrons. The number of nitrogens with zero attached hydrogens (tertiary/aromatic N) is 2. The van der Waals surface area contributed by atoms with Crippen molar-refractivity contribution < 1.29 is 24.3 Å². The number of aliphatic hydroxyl groups is 1. The van der Waals surface area contributed by atoms with E-state index < -0.39 is 11.9 Å². The fraction of sp³-hybridized carbons (Fsp3) is 0.667. The molecule has 1 heterocycles. The molecule has 0 saturated heterocycles. The molecule has 0 atom stereocenters. The molecular formula is C9H14N2O5. The summed E-state index contributed by atoms with van der Waals surface area (Å²) in [7, 11) is 0. The minimum absolute atomic E-state index is 0.0470. The monoisotopic (exact) mass is 230 g/mol. The normalized spacial score (nSPS) is 13.9. The molecule has 0 aromatic carbocycles. The number of carbonyl (C=O) groups excluding carboxylic acids is 2. The molecule has 1 rings (SSSR count). The van der Waals surface area contributed by atoms with Gasteiger partial charge in [-0.3, -0.25) is 9.79 Å². The number of hydrogen-bond donors (Lipinski definition) is 1. The molecule has 0 saturated carbocycles. The molecule has 0 aromatic heterocycles. The minimum atomic E-state index is -0.527. The summed E-state index contributed by atoms with van der Waals surface area (Å²) in [5.41, 5.74) is 0. The number of esters is 1. The molecule has 1 N–H and O–H groups in total. The second-order valence-electron chi connectivity index (χ2n) is 3.07. The Balaban J connectivity index is 2.09. The van der Waals surface area contributed by atoms with Crippen LogP contribution in [-0.4, -0.2) is 54.8 Å². The van der Waals surface area contributed by atoms with Crippen LogP contribution in [0, 0.1) is 0 Å². The molecule has 16 heavy (non-hydrogen) atoms. The van der Waals surface area contributed by atoms with Crippen molar-refractivity contribution in [2.45, 2.75) is 12.8 Å². The van der Waals surface area contributed by atoms with Crippen molar-refractivity contribution in [3.8, 4) is 0 Å². The highest BCUT2D eigenvalue weighted by Gasteiger charge is 2.14. The molecule has 7 heteroatoms. The molecular weight excluding hydrogens is 216 g/mol. The van der Waals surface area contributed by atoms with Crippen molar-refractivity contribution in [3.63, 3.8) is 0 Å². The zero-order chi connectivity index (χ0) is 11.8. The standard InChI is InChI=1S/C9H14N2O5/c12-5-6-15-8(13)1-2-9(14)16-11-4-3-10-7-11/h7,12H,1-6H2. The summed E-state index contributed by atoms with van der Waals surface area (Å²) >= 11 is 0. The van der Waals surface area contributed by atoms with Crippen LogP contribution in [0.4, 0.5) is 0 Å². The molecule has 0 spiro atoms. The van der Waals surface area contributed by atoms with E-state index in [2.05, 4.69) is 9.73 Å². The van der Waals surface area contributed by atoms with Crippen LogP contribution >= 0.6 is 0 Å². The van der Waals surface area contributed by atoms with E-state index in [-0.39, 0.29) is 26.1 Å². The molecule has 0 fully saturated rings. The first kappa shape index (κ1) is 12.4. The first-order valence-electron chi connectivity index (χ1n) is 4.96. The van der Waals surface area contributed by atoms with Gasteiger partial charge in [0.1, 0.15) is 12.9 Å². The van der Waals surface area contributed by atoms with Gasteiger partial charge < -0.3 is 14.7 Å². The van der Waals surface area contributed by atoms with E-state index in [0.29, 0.717) is 13.1 Å². The number of aliphatic hydroxyl groups excluding tert-OH is 1. The van der Waals surface area contributed by atoms with E-state index in [9.17, 15) is 9.59 Å². The summed E-state index contributed by atoms with van der Waals surface area (Å²) in [6, 6.07) is 0. The number of carbonyl (C=O) groups is 2. The largest absolute Gasteiger partial charge is 0.463 e. The van der Waals surface area contributed by atoms with Crippen molar-refractivity contribution in [2.24, 2.45) is 4.99 Å². The summed E-state index contributed by atoms with van der Waals surface area (Å²) in [5, 5.41) is 9.71. The highest BCUT2D eigenvalue weighted by Crippen LogP contribution is 2.00. The molecule has 0 aliphatic carbocycles. The Morgan fingerprint density at radius 3 is 2.75 bits per heavy atom. The van der Waals surface area contributed by atoms with Gasteiger partial charge in [0.25, 0.3) is 0 Å². The topological polar surface area (TPSA) is 88.4 Å². The van der Waals surface area contributed by atoms with E-state index in [1.807, 2.05) is 0 Å². The van der Waals surface area contributed by atoms with Crippen molar-refractivity contribution in [2.75, 3.05) is 26.3 Å². The number of rotatable bonds is 6. The lowest BCUT2D eigenvalue weighted by Gasteiger charge is -2.12. The van der Waals surface area contributed by atoms with Crippen molar-refractivity contribution in [1.82, 2.24) is 5.06 Å². The fourth-order valence-electron chi connectivity index (χ4n) is 1.04. The Kier molecular flexibility index (Phi) is 5.27. The smallest absolute Gasteiger partial charge is 0.333 e. The van der Waals surface area contributed by atoms with Gasteiger partial charge in [0, 0.05) is 0 Å². The Bertz CT molecular complexity index is 279. The lowest BCUT2D eigenvalue weighted by atomic mass is 10.3. The second kappa shape index (κ2) is 6.78. The summed E-state index contributed by atoms with van der Waals surface area (Å²) in [5.74, 6) is -1.03. The van der Waals surface area contributed by atoms with Crippen LogP contribution in [0.25, 0.3) is 0 Å². The van der Waals surface area contributed by atoms with Crippen LogP contribution in [-0.2, 0) is 19.2 Å². The van der Waals surface area contributed by atoms with Gasteiger partial charge in [-0.1, -0.05) is 0 Å². The van der Waals surface area contributed by atoms with E-state index in [4.69, 9.17) is 9.94 Å².